The van der Waals surface area contributed by atoms with Crippen LogP contribution in [0.1, 0.15) is 70.9 Å². The molecule has 22 nitrogen and oxygen atoms in total. The SMILES string of the molecule is CC[N+]1=C(/C=C/C=C2/N(CCCCCC(=O)O)c3ccc4c(S(=O)(=O)O)cc(S(=O)(=O)O)cc4c3C2(C)CCOCCOCCOCCOCCOCCOC)C(C)(C)c2c1ccc1c(S(=O)(=O)O)cc(S(=O)(=O)O)cc21. The Morgan fingerprint density at radius 1 is 0.610 bits per heavy atom. The Labute approximate surface area is 449 Å². The molecule has 0 saturated heterocycles. The van der Waals surface area contributed by atoms with Crippen LogP contribution in [0.4, 0.5) is 11.4 Å². The van der Waals surface area contributed by atoms with E-state index >= 15 is 0 Å². The maximum absolute atomic E-state index is 12.9. The standard InChI is InChI=1S/C51H66N2O20S4/c1-6-52-41-16-14-37-39(31-35(74(56,57)58)33-43(37)76(62,63)64)48(41)50(2,3)45(52)11-10-12-46-51(4,18-20-69-23-24-71-27-28-73-30-29-72-26-25-70-22-21-68-5)49-40-32-36(75(59,60)61)34-44(77(65,66)67)38(40)15-17-42(49)53(46)19-9-7-8-13-47(54)55/h10-12,14-17,31-34H,6-9,13,18-30H2,1-5H3,(H4-,54,55,56,57,58,59,60,61,62,63,64,65,66,67)/p+1. The summed E-state index contributed by atoms with van der Waals surface area (Å²) in [4.78, 5) is 10.4. The zero-order valence-corrected chi connectivity index (χ0v) is 46.7. The van der Waals surface area contributed by atoms with Crippen LogP contribution < -0.4 is 4.90 Å². The normalized spacial score (nSPS) is 17.4. The molecule has 2 heterocycles. The van der Waals surface area contributed by atoms with Crippen LogP contribution in [0, 0.1) is 0 Å². The molecule has 77 heavy (non-hydrogen) atoms. The molecule has 2 aliphatic heterocycles. The summed E-state index contributed by atoms with van der Waals surface area (Å²) < 4.78 is 178. The Balaban J connectivity index is 1.38. The van der Waals surface area contributed by atoms with Gasteiger partial charge < -0.3 is 38.4 Å². The van der Waals surface area contributed by atoms with Gasteiger partial charge in [-0.3, -0.25) is 23.0 Å². The molecule has 1 unspecified atom stereocenters. The van der Waals surface area contributed by atoms with Crippen LogP contribution in [0.5, 0.6) is 0 Å². The number of rotatable bonds is 31. The lowest BCUT2D eigenvalue weighted by Gasteiger charge is -2.31. The minimum Gasteiger partial charge on any atom is -0.481 e. The van der Waals surface area contributed by atoms with Crippen molar-refractivity contribution in [3.8, 4) is 0 Å². The number of methoxy groups -OCH3 is 1. The highest BCUT2D eigenvalue weighted by Crippen LogP contribution is 2.54. The zero-order chi connectivity index (χ0) is 56.6. The van der Waals surface area contributed by atoms with Crippen molar-refractivity contribution >= 4 is 85.1 Å². The van der Waals surface area contributed by atoms with Crippen molar-refractivity contribution in [1.82, 2.24) is 0 Å². The van der Waals surface area contributed by atoms with Gasteiger partial charge in [0.2, 0.25) is 5.69 Å². The van der Waals surface area contributed by atoms with Gasteiger partial charge in [-0.1, -0.05) is 18.6 Å². The molecule has 0 amide bonds. The number of hydrogen-bond acceptors (Lipinski definition) is 16. The van der Waals surface area contributed by atoms with Crippen molar-refractivity contribution in [2.24, 2.45) is 0 Å². The van der Waals surface area contributed by atoms with Gasteiger partial charge in [0.15, 0.2) is 5.71 Å². The van der Waals surface area contributed by atoms with Gasteiger partial charge in [0.25, 0.3) is 40.5 Å². The summed E-state index contributed by atoms with van der Waals surface area (Å²) in [5.74, 6) is -0.955. The molecule has 6 rings (SSSR count). The summed E-state index contributed by atoms with van der Waals surface area (Å²) in [5.41, 5.74) is 1.22. The predicted octanol–water partition coefficient (Wildman–Crippen LogP) is 6.36. The molecule has 0 saturated carbocycles. The van der Waals surface area contributed by atoms with Crippen LogP contribution in [0.25, 0.3) is 21.5 Å². The van der Waals surface area contributed by atoms with Crippen LogP contribution in [0.2, 0.25) is 0 Å². The van der Waals surface area contributed by atoms with Gasteiger partial charge in [-0.15, -0.1) is 0 Å². The average Bonchev–Trinajstić information content (AvgIpc) is 3.80. The molecule has 4 aromatic rings. The quantitative estimate of drug-likeness (QED) is 0.0208. The minimum atomic E-state index is -5.08. The fraction of sp³-hybridized carbons (Fsp3) is 0.490. The highest BCUT2D eigenvalue weighted by atomic mass is 32.2. The first-order valence-electron chi connectivity index (χ1n) is 24.7. The summed E-state index contributed by atoms with van der Waals surface area (Å²) in [5, 5.41) is 9.61. The lowest BCUT2D eigenvalue weighted by atomic mass is 9.76. The second-order valence-corrected chi connectivity index (χ2v) is 24.6. The summed E-state index contributed by atoms with van der Waals surface area (Å²) in [6.45, 7) is 11.7. The van der Waals surface area contributed by atoms with E-state index in [1.165, 1.54) is 12.1 Å². The van der Waals surface area contributed by atoms with E-state index in [1.807, 2.05) is 49.3 Å². The van der Waals surface area contributed by atoms with Crippen molar-refractivity contribution < 1.29 is 94.8 Å². The van der Waals surface area contributed by atoms with E-state index in [0.29, 0.717) is 125 Å². The third kappa shape index (κ3) is 14.5. The topological polar surface area (TPSA) is 316 Å². The molecule has 0 spiro atoms. The first kappa shape index (κ1) is 61.4. The van der Waals surface area contributed by atoms with Crippen LogP contribution in [0.3, 0.4) is 0 Å². The molecule has 5 N–H and O–H groups in total. The summed E-state index contributed by atoms with van der Waals surface area (Å²) in [6, 6.07) is 9.89. The van der Waals surface area contributed by atoms with Gasteiger partial charge >= 0.3 is 5.97 Å². The van der Waals surface area contributed by atoms with Gasteiger partial charge in [-0.05, 0) is 106 Å². The van der Waals surface area contributed by atoms with E-state index < -0.39 is 76.9 Å². The Morgan fingerprint density at radius 2 is 1.09 bits per heavy atom. The smallest absolute Gasteiger partial charge is 0.303 e. The summed E-state index contributed by atoms with van der Waals surface area (Å²) in [7, 11) is -18.5. The highest BCUT2D eigenvalue weighted by Gasteiger charge is 2.47. The van der Waals surface area contributed by atoms with Gasteiger partial charge in [0, 0.05) is 72.0 Å². The van der Waals surface area contributed by atoms with E-state index in [0.717, 1.165) is 12.1 Å². The van der Waals surface area contributed by atoms with Crippen molar-refractivity contribution in [3.05, 3.63) is 83.6 Å². The number of anilines is 1. The van der Waals surface area contributed by atoms with Crippen molar-refractivity contribution in [1.29, 1.82) is 0 Å². The van der Waals surface area contributed by atoms with Crippen LogP contribution in [0.15, 0.2) is 92.0 Å². The lowest BCUT2D eigenvalue weighted by molar-refractivity contribution is -0.433. The number of carboxylic acid groups (broad SMARTS) is 1. The number of fused-ring (bicyclic) bond motifs is 6. The Morgan fingerprint density at radius 3 is 1.56 bits per heavy atom. The molecule has 1 atom stereocenters. The van der Waals surface area contributed by atoms with Crippen molar-refractivity contribution in [2.75, 3.05) is 97.8 Å². The lowest BCUT2D eigenvalue weighted by Crippen LogP contribution is -2.31. The third-order valence-electron chi connectivity index (χ3n) is 13.6. The predicted molar refractivity (Wildman–Crippen MR) is 284 cm³/mol. The summed E-state index contributed by atoms with van der Waals surface area (Å²) >= 11 is 0. The number of carboxylic acids is 1. The first-order valence-corrected chi connectivity index (χ1v) is 30.5. The second kappa shape index (κ2) is 25.6. The van der Waals surface area contributed by atoms with Gasteiger partial charge in [-0.25, -0.2) is 0 Å². The highest BCUT2D eigenvalue weighted by molar-refractivity contribution is 7.87. The van der Waals surface area contributed by atoms with E-state index in [4.69, 9.17) is 28.4 Å². The van der Waals surface area contributed by atoms with E-state index in [-0.39, 0.29) is 60.8 Å². The van der Waals surface area contributed by atoms with Crippen LogP contribution >= 0.6 is 0 Å². The molecule has 0 fully saturated rings. The average molecular weight is 1160 g/mol. The largest absolute Gasteiger partial charge is 0.481 e. The molecule has 0 radical (unpaired) electrons. The fourth-order valence-electron chi connectivity index (χ4n) is 10.1. The third-order valence-corrected chi connectivity index (χ3v) is 17.0. The number of aliphatic carboxylic acids is 1. The monoisotopic (exact) mass is 1160 g/mol. The number of ether oxygens (including phenoxy) is 6. The number of benzene rings is 4. The molecule has 424 valence electrons. The molecular formula is C51H67N2O20S4+. The van der Waals surface area contributed by atoms with E-state index in [9.17, 15) is 61.8 Å². The van der Waals surface area contributed by atoms with E-state index in [1.54, 1.807) is 25.3 Å². The maximum Gasteiger partial charge on any atom is 0.303 e. The van der Waals surface area contributed by atoms with Gasteiger partial charge in [0.05, 0.1) is 81.3 Å². The Hall–Kier alpha value is -4.78. The summed E-state index contributed by atoms with van der Waals surface area (Å²) in [6.07, 6.45) is 6.90. The maximum atomic E-state index is 12.9. The number of allylic oxidation sites excluding steroid dienone is 4. The molecule has 0 aromatic heterocycles. The zero-order valence-electron chi connectivity index (χ0n) is 43.5. The van der Waals surface area contributed by atoms with E-state index in [2.05, 4.69) is 0 Å². The Bertz CT molecular complexity index is 3390. The molecule has 26 heteroatoms. The number of nitrogens with zero attached hydrogens (tertiary/aromatic N) is 2. The second-order valence-electron chi connectivity index (χ2n) is 19.0. The number of carbonyl (C=O) groups is 1. The molecular weight excluding hydrogens is 1090 g/mol. The van der Waals surface area contributed by atoms with Crippen LogP contribution in [-0.4, -0.2) is 166 Å². The minimum absolute atomic E-state index is 0.0200. The first-order chi connectivity index (χ1) is 36.2. The fourth-order valence-corrected chi connectivity index (χ4v) is 12.7. The molecule has 0 aliphatic carbocycles. The Kier molecular flexibility index (Phi) is 20.4. The van der Waals surface area contributed by atoms with Crippen molar-refractivity contribution in [2.45, 2.75) is 90.2 Å². The van der Waals surface area contributed by atoms with Gasteiger partial charge in [-0.2, -0.15) is 38.2 Å². The number of unbranched alkanes of at least 4 members (excludes halogenated alkanes) is 2. The van der Waals surface area contributed by atoms with Gasteiger partial charge in [0.1, 0.15) is 16.3 Å². The van der Waals surface area contributed by atoms with Crippen LogP contribution in [-0.2, 0) is 84.5 Å². The number of hydrogen-bond donors (Lipinski definition) is 5. The van der Waals surface area contributed by atoms with Crippen molar-refractivity contribution in [3.63, 3.8) is 0 Å². The molecule has 2 aliphatic rings. The molecule has 4 aromatic carbocycles. The molecule has 0 bridgehead atoms.